The number of aliphatic hydroxyl groups excluding tert-OH is 9. The number of carbonyl (C=O) groups excluding carboxylic acids is 2. The van der Waals surface area contributed by atoms with Gasteiger partial charge in [0.15, 0.2) is 31.5 Å². The molecule has 7 aliphatic heterocycles. The Kier molecular flexibility index (Phi) is 14.1. The maximum Gasteiger partial charge on any atom is 0.217 e. The van der Waals surface area contributed by atoms with Crippen molar-refractivity contribution in [3.63, 3.8) is 0 Å². The number of aliphatic hydroxyl groups is 9. The Bertz CT molecular complexity index is 1390. The van der Waals surface area contributed by atoms with E-state index >= 15 is 0 Å². The van der Waals surface area contributed by atoms with Crippen molar-refractivity contribution in [2.24, 2.45) is 0 Å². The highest BCUT2D eigenvalue weighted by Gasteiger charge is 2.58. The van der Waals surface area contributed by atoms with Gasteiger partial charge in [0.1, 0.15) is 91.5 Å². The lowest BCUT2D eigenvalue weighted by Gasteiger charge is -2.52. The number of rotatable bonds is 5. The first-order valence-corrected chi connectivity index (χ1v) is 19.0. The molecule has 0 aromatic heterocycles. The number of amides is 2. The zero-order valence-electron chi connectivity index (χ0n) is 32.1. The summed E-state index contributed by atoms with van der Waals surface area (Å²) < 4.78 is 60.6. The van der Waals surface area contributed by atoms with Crippen LogP contribution in [0, 0.1) is 0 Å². The fourth-order valence-corrected chi connectivity index (χ4v) is 7.99. The van der Waals surface area contributed by atoms with Crippen LogP contribution in [0.15, 0.2) is 0 Å². The first-order chi connectivity index (χ1) is 26.8. The molecule has 328 valence electrons. The Hall–Kier alpha value is -1.82. The Balaban J connectivity index is 1.47. The molecule has 7 rings (SSSR count). The van der Waals surface area contributed by atoms with Gasteiger partial charge in [-0.1, -0.05) is 0 Å². The molecule has 11 N–H and O–H groups in total. The summed E-state index contributed by atoms with van der Waals surface area (Å²) in [6, 6.07) is -2.85. The molecule has 0 aliphatic carbocycles. The summed E-state index contributed by atoms with van der Waals surface area (Å²) in [6.07, 6.45) is -36.3. The highest BCUT2D eigenvalue weighted by molar-refractivity contribution is 5.73. The van der Waals surface area contributed by atoms with Crippen molar-refractivity contribution < 1.29 is 103 Å². The lowest BCUT2D eigenvalue weighted by molar-refractivity contribution is -0.415. The summed E-state index contributed by atoms with van der Waals surface area (Å²) in [5, 5.41) is 106. The van der Waals surface area contributed by atoms with E-state index in [1.54, 1.807) is 0 Å². The number of carbonyl (C=O) groups is 2. The maximum absolute atomic E-state index is 12.5. The van der Waals surface area contributed by atoms with E-state index in [4.69, 9.17) is 47.4 Å². The zero-order valence-corrected chi connectivity index (χ0v) is 32.1. The number of ether oxygens (including phenoxy) is 10. The molecule has 7 heterocycles. The van der Waals surface area contributed by atoms with Gasteiger partial charge in [-0.05, 0) is 27.7 Å². The fraction of sp³-hybridized carbons (Fsp3) is 0.941. The van der Waals surface area contributed by atoms with Crippen LogP contribution >= 0.6 is 0 Å². The lowest BCUT2D eigenvalue weighted by Crippen LogP contribution is -2.71. The second-order valence-corrected chi connectivity index (χ2v) is 15.4. The highest BCUT2D eigenvalue weighted by atomic mass is 16.8. The van der Waals surface area contributed by atoms with Crippen molar-refractivity contribution in [1.29, 1.82) is 0 Å². The van der Waals surface area contributed by atoms with Crippen LogP contribution in [0.1, 0.15) is 41.5 Å². The molecule has 0 radical (unpaired) electrons. The van der Waals surface area contributed by atoms with E-state index in [0.29, 0.717) is 0 Å². The molecule has 0 spiro atoms. The number of nitrogens with one attached hydrogen (secondary N) is 2. The molecule has 23 nitrogen and oxygen atoms in total. The first kappa shape index (κ1) is 44.7. The molecule has 25 atom stereocenters. The molecule has 23 heteroatoms. The van der Waals surface area contributed by atoms with E-state index < -0.39 is 172 Å². The van der Waals surface area contributed by atoms with E-state index in [0.717, 1.165) is 6.92 Å². The van der Waals surface area contributed by atoms with Gasteiger partial charge < -0.3 is 104 Å². The van der Waals surface area contributed by atoms with Crippen molar-refractivity contribution in [2.45, 2.75) is 195 Å². The molecule has 57 heavy (non-hydrogen) atoms. The van der Waals surface area contributed by atoms with Crippen molar-refractivity contribution in [2.75, 3.05) is 6.61 Å². The van der Waals surface area contributed by atoms with Gasteiger partial charge in [0.25, 0.3) is 0 Å². The van der Waals surface area contributed by atoms with E-state index in [1.807, 2.05) is 0 Å². The van der Waals surface area contributed by atoms with Gasteiger partial charge in [-0.3, -0.25) is 9.59 Å². The largest absolute Gasteiger partial charge is 0.394 e. The van der Waals surface area contributed by atoms with Crippen LogP contribution in [0.2, 0.25) is 0 Å². The smallest absolute Gasteiger partial charge is 0.217 e. The number of hydrogen-bond donors (Lipinski definition) is 11. The summed E-state index contributed by atoms with van der Waals surface area (Å²) in [5.74, 6) is -1.28. The Morgan fingerprint density at radius 2 is 0.982 bits per heavy atom. The molecule has 0 aromatic rings. The maximum atomic E-state index is 12.5. The molecule has 7 fully saturated rings. The number of fused-ring (bicyclic) bond motifs is 2. The highest BCUT2D eigenvalue weighted by Crippen LogP contribution is 2.38. The minimum Gasteiger partial charge on any atom is -0.394 e. The average Bonchev–Trinajstić information content (AvgIpc) is 3.14. The van der Waals surface area contributed by atoms with E-state index in [2.05, 4.69) is 10.6 Å². The van der Waals surface area contributed by atoms with Gasteiger partial charge in [-0.2, -0.15) is 0 Å². The van der Waals surface area contributed by atoms with Crippen LogP contribution in [-0.2, 0) is 57.0 Å². The van der Waals surface area contributed by atoms with Crippen LogP contribution in [0.4, 0.5) is 0 Å². The van der Waals surface area contributed by atoms with Crippen molar-refractivity contribution in [3.8, 4) is 0 Å². The summed E-state index contributed by atoms with van der Waals surface area (Å²) in [4.78, 5) is 24.6. The molecule has 0 unspecified atom stereocenters. The van der Waals surface area contributed by atoms with Gasteiger partial charge in [-0.25, -0.2) is 0 Å². The van der Waals surface area contributed by atoms with E-state index in [9.17, 15) is 55.5 Å². The molecule has 7 saturated heterocycles. The van der Waals surface area contributed by atoms with Crippen LogP contribution in [-0.4, -0.2) is 218 Å². The molecule has 7 aliphatic rings. The third-order valence-corrected chi connectivity index (χ3v) is 11.2. The molecule has 2 amide bonds. The first-order valence-electron chi connectivity index (χ1n) is 19.0. The minimum atomic E-state index is -1.85. The van der Waals surface area contributed by atoms with E-state index in [-0.39, 0.29) is 0 Å². The van der Waals surface area contributed by atoms with Crippen LogP contribution in [0.3, 0.4) is 0 Å². The monoisotopic (exact) mass is 828 g/mol. The van der Waals surface area contributed by atoms with Gasteiger partial charge in [-0.15, -0.1) is 0 Å². The fourth-order valence-electron chi connectivity index (χ4n) is 7.99. The third kappa shape index (κ3) is 8.98. The zero-order chi connectivity index (χ0) is 41.8. The van der Waals surface area contributed by atoms with Gasteiger partial charge in [0, 0.05) is 13.8 Å². The van der Waals surface area contributed by atoms with Crippen molar-refractivity contribution in [1.82, 2.24) is 10.6 Å². The Morgan fingerprint density at radius 1 is 0.474 bits per heavy atom. The van der Waals surface area contributed by atoms with Crippen LogP contribution in [0.25, 0.3) is 0 Å². The molecule has 0 saturated carbocycles. The third-order valence-electron chi connectivity index (χ3n) is 11.2. The van der Waals surface area contributed by atoms with Crippen molar-refractivity contribution in [3.05, 3.63) is 0 Å². The molecule has 0 aromatic carbocycles. The molecule has 6 bridgehead atoms. The predicted molar refractivity (Wildman–Crippen MR) is 181 cm³/mol. The van der Waals surface area contributed by atoms with Gasteiger partial charge >= 0.3 is 0 Å². The minimum absolute atomic E-state index is 0.602. The summed E-state index contributed by atoms with van der Waals surface area (Å²) >= 11 is 0. The molecular formula is C34H56N2O21. The van der Waals surface area contributed by atoms with Gasteiger partial charge in [0.2, 0.25) is 11.8 Å². The normalized spacial score (nSPS) is 53.4. The quantitative estimate of drug-likeness (QED) is 0.123. The van der Waals surface area contributed by atoms with E-state index in [1.165, 1.54) is 34.6 Å². The predicted octanol–water partition coefficient (Wildman–Crippen LogP) is -6.48. The van der Waals surface area contributed by atoms with Crippen LogP contribution < -0.4 is 10.6 Å². The average molecular weight is 829 g/mol. The Labute approximate surface area is 326 Å². The standard InChI is InChI=1S/C34H56N2O21/c1-8-17(40)15(35-12(5)38)22(45)31(48-8)57-29-27-20(43)11(4)51-34(29)56-28-23(46)18(41)9(2)50-33(28)54-26-19(42)10(3)49-32(24(26)47)53-25-14(7-37)52-30(55-27)16(21(25)44)36-13(6)39/h8-11,14-34,37,40-47H,7H2,1-6H3,(H,35,38)(H,36,39)/t8-,9+,10+,11+,14-,15+,16-,17+,18+,19+,20+,21-,22-,23-,24-,25-,26-,27-,28-,29-,30+,31-,32-,33+,34+/m1/s1. The summed E-state index contributed by atoms with van der Waals surface area (Å²) in [6.45, 7) is 7.19. The lowest BCUT2D eigenvalue weighted by atomic mass is 9.93. The SMILES string of the molecule is CC(=O)N[C@H]1[C@@H](O)[C@@H](C)O[C@H](O[C@H]2[C@@H]3O[C@H]4[C@H](O[C@@H]5[C@@H](O)[C@H](C)O[C@H](O[C@H]6[C@H](O)[C@@H](NC(C)=O)[C@H](O[C@@H]2[C@@H](O)[C@H](C)O3)O[C@@H]6CO)[C@@H]5O)O[C@@H](C)[C@H](O)[C@H]4O)[C@@H]1O. The summed E-state index contributed by atoms with van der Waals surface area (Å²) in [7, 11) is 0. The van der Waals surface area contributed by atoms with Crippen molar-refractivity contribution >= 4 is 11.8 Å². The summed E-state index contributed by atoms with van der Waals surface area (Å²) in [5.41, 5.74) is 0. The topological polar surface area (TPSA) is 333 Å². The van der Waals surface area contributed by atoms with Crippen LogP contribution in [0.5, 0.6) is 0 Å². The second kappa shape index (κ2) is 18.0. The van der Waals surface area contributed by atoms with Gasteiger partial charge in [0.05, 0.1) is 37.1 Å². The Morgan fingerprint density at radius 3 is 1.61 bits per heavy atom. The second-order valence-electron chi connectivity index (χ2n) is 15.4. The molecular weight excluding hydrogens is 772 g/mol. The number of hydrogen-bond acceptors (Lipinski definition) is 21.